The van der Waals surface area contributed by atoms with Crippen molar-refractivity contribution >= 4 is 23.7 Å². The van der Waals surface area contributed by atoms with Crippen LogP contribution in [0.2, 0.25) is 0 Å². The Morgan fingerprint density at radius 1 is 1.06 bits per heavy atom. The van der Waals surface area contributed by atoms with E-state index in [1.165, 1.54) is 12.1 Å². The minimum absolute atomic E-state index is 0.231. The van der Waals surface area contributed by atoms with E-state index in [4.69, 9.17) is 10.5 Å². The number of nitrogen functional groups attached to an aromatic ring is 1. The van der Waals surface area contributed by atoms with E-state index in [1.807, 2.05) is 25.4 Å². The van der Waals surface area contributed by atoms with Crippen LogP contribution in [0.1, 0.15) is 28.1 Å². The van der Waals surface area contributed by atoms with E-state index in [1.54, 1.807) is 12.1 Å². The first kappa shape index (κ1) is 22.2. The number of aromatic nitrogens is 3. The largest absolute Gasteiger partial charge is 0.491 e. The number of benzene rings is 2. The number of anilines is 2. The summed E-state index contributed by atoms with van der Waals surface area (Å²) < 4.78 is 19.6. The molecule has 4 heterocycles. The molecule has 2 N–H and O–H groups in total. The molecule has 0 aliphatic carbocycles. The zero-order chi connectivity index (χ0) is 24.6. The van der Waals surface area contributed by atoms with Gasteiger partial charge in [0.05, 0.1) is 17.9 Å². The standard InChI is InChI=1S/C28H25FN6O/c1-17-23(12-18-2-5-22(29)6-3-18)27(34-28(30)33-17)35-10-11-36-26-7-4-19(13-21(26)16-35)20-14-25-24(32-15-20)8-9-31-25/h2-7,9,13-15H,8,10-12,16H2,1H3,(H2,30,33,34). The maximum absolute atomic E-state index is 13.5. The Bertz CT molecular complexity index is 1480. The molecule has 2 aromatic heterocycles. The molecule has 0 unspecified atom stereocenters. The van der Waals surface area contributed by atoms with Crippen LogP contribution in [-0.4, -0.2) is 34.3 Å². The van der Waals surface area contributed by atoms with E-state index >= 15 is 0 Å². The number of hydrogen-bond donors (Lipinski definition) is 1. The molecule has 0 saturated carbocycles. The summed E-state index contributed by atoms with van der Waals surface area (Å²) in [6, 6.07) is 14.8. The summed E-state index contributed by atoms with van der Waals surface area (Å²) in [7, 11) is 0. The van der Waals surface area contributed by atoms with E-state index < -0.39 is 0 Å². The summed E-state index contributed by atoms with van der Waals surface area (Å²) in [6.07, 6.45) is 5.15. The van der Waals surface area contributed by atoms with Gasteiger partial charge in [-0.2, -0.15) is 4.98 Å². The molecule has 0 atom stereocenters. The first-order valence-electron chi connectivity index (χ1n) is 11.9. The lowest BCUT2D eigenvalue weighted by atomic mass is 10.0. The minimum atomic E-state index is -0.258. The number of pyridine rings is 1. The zero-order valence-corrected chi connectivity index (χ0v) is 19.9. The van der Waals surface area contributed by atoms with Gasteiger partial charge in [-0.15, -0.1) is 0 Å². The Morgan fingerprint density at radius 3 is 2.78 bits per heavy atom. The molecule has 6 rings (SSSR count). The van der Waals surface area contributed by atoms with Gasteiger partial charge in [0.1, 0.15) is 24.0 Å². The van der Waals surface area contributed by atoms with E-state index in [-0.39, 0.29) is 11.8 Å². The number of aliphatic imine (C=N–C) groups is 1. The van der Waals surface area contributed by atoms with Gasteiger partial charge in [0.25, 0.3) is 0 Å². The van der Waals surface area contributed by atoms with E-state index in [0.717, 1.165) is 62.9 Å². The molecule has 8 heteroatoms. The van der Waals surface area contributed by atoms with Crippen molar-refractivity contribution in [3.05, 3.63) is 88.6 Å². The molecule has 0 spiro atoms. The van der Waals surface area contributed by atoms with Crippen molar-refractivity contribution in [2.75, 3.05) is 23.8 Å². The molecule has 0 bridgehead atoms. The lowest BCUT2D eigenvalue weighted by Gasteiger charge is -2.25. The predicted octanol–water partition coefficient (Wildman–Crippen LogP) is 4.82. The second kappa shape index (κ2) is 9.03. The summed E-state index contributed by atoms with van der Waals surface area (Å²) in [5.41, 5.74) is 13.9. The van der Waals surface area contributed by atoms with Crippen LogP contribution in [0.3, 0.4) is 0 Å². The number of halogens is 1. The van der Waals surface area contributed by atoms with E-state index in [0.29, 0.717) is 26.1 Å². The zero-order valence-electron chi connectivity index (χ0n) is 19.9. The minimum Gasteiger partial charge on any atom is -0.491 e. The number of hydrogen-bond acceptors (Lipinski definition) is 7. The summed E-state index contributed by atoms with van der Waals surface area (Å²) in [4.78, 5) is 20.3. The molecule has 0 saturated heterocycles. The number of nitrogens with two attached hydrogens (primary N) is 1. The van der Waals surface area contributed by atoms with Crippen LogP contribution in [-0.2, 0) is 19.4 Å². The third kappa shape index (κ3) is 4.26. The average molecular weight is 481 g/mol. The van der Waals surface area contributed by atoms with Crippen molar-refractivity contribution in [1.29, 1.82) is 0 Å². The van der Waals surface area contributed by atoms with Gasteiger partial charge in [0, 0.05) is 54.2 Å². The number of nitrogens with zero attached hydrogens (tertiary/aromatic N) is 5. The lowest BCUT2D eigenvalue weighted by molar-refractivity contribution is 0.331. The van der Waals surface area contributed by atoms with Gasteiger partial charge < -0.3 is 15.4 Å². The van der Waals surface area contributed by atoms with Crippen LogP contribution >= 0.6 is 0 Å². The quantitative estimate of drug-likeness (QED) is 0.451. The van der Waals surface area contributed by atoms with Crippen LogP contribution in [0.25, 0.3) is 11.1 Å². The molecule has 0 radical (unpaired) electrons. The fraction of sp³-hybridized carbons (Fsp3) is 0.214. The molecular formula is C28H25FN6O. The van der Waals surface area contributed by atoms with E-state index in [2.05, 4.69) is 43.0 Å². The summed E-state index contributed by atoms with van der Waals surface area (Å²) in [6.45, 7) is 3.70. The van der Waals surface area contributed by atoms with Crippen molar-refractivity contribution in [3.8, 4) is 16.9 Å². The Morgan fingerprint density at radius 2 is 1.92 bits per heavy atom. The second-order valence-electron chi connectivity index (χ2n) is 9.07. The topological polar surface area (TPSA) is 89.5 Å². The normalized spacial score (nSPS) is 14.2. The predicted molar refractivity (Wildman–Crippen MR) is 138 cm³/mol. The van der Waals surface area contributed by atoms with Crippen LogP contribution in [0.4, 0.5) is 21.8 Å². The monoisotopic (exact) mass is 480 g/mol. The highest BCUT2D eigenvalue weighted by molar-refractivity contribution is 5.78. The number of aryl methyl sites for hydroxylation is 1. The summed E-state index contributed by atoms with van der Waals surface area (Å²) in [5.74, 6) is 1.60. The molecule has 2 aliphatic rings. The van der Waals surface area contributed by atoms with Gasteiger partial charge in [0.15, 0.2) is 0 Å². The van der Waals surface area contributed by atoms with Crippen LogP contribution in [0.5, 0.6) is 5.75 Å². The Kier molecular flexibility index (Phi) is 5.56. The van der Waals surface area contributed by atoms with Gasteiger partial charge in [0.2, 0.25) is 5.95 Å². The van der Waals surface area contributed by atoms with Crippen LogP contribution < -0.4 is 15.4 Å². The van der Waals surface area contributed by atoms with Gasteiger partial charge in [-0.3, -0.25) is 9.98 Å². The number of fused-ring (bicyclic) bond motifs is 2. The van der Waals surface area contributed by atoms with Crippen molar-refractivity contribution in [3.63, 3.8) is 0 Å². The van der Waals surface area contributed by atoms with Crippen molar-refractivity contribution in [2.45, 2.75) is 26.3 Å². The highest BCUT2D eigenvalue weighted by atomic mass is 19.1. The maximum Gasteiger partial charge on any atom is 0.222 e. The highest BCUT2D eigenvalue weighted by Crippen LogP contribution is 2.34. The van der Waals surface area contributed by atoms with Crippen molar-refractivity contribution < 1.29 is 9.13 Å². The fourth-order valence-electron chi connectivity index (χ4n) is 4.77. The molecule has 180 valence electrons. The summed E-state index contributed by atoms with van der Waals surface area (Å²) >= 11 is 0. The van der Waals surface area contributed by atoms with E-state index in [9.17, 15) is 4.39 Å². The maximum atomic E-state index is 13.5. The molecule has 7 nitrogen and oxygen atoms in total. The first-order valence-corrected chi connectivity index (χ1v) is 11.9. The molecule has 2 aromatic carbocycles. The SMILES string of the molecule is Cc1nc(N)nc(N2CCOc3ccc(-c4cnc5c(c4)N=CC5)cc3C2)c1Cc1ccc(F)cc1. The van der Waals surface area contributed by atoms with Crippen molar-refractivity contribution in [2.24, 2.45) is 4.99 Å². The third-order valence-electron chi connectivity index (χ3n) is 6.64. The van der Waals surface area contributed by atoms with Gasteiger partial charge >= 0.3 is 0 Å². The smallest absolute Gasteiger partial charge is 0.222 e. The van der Waals surface area contributed by atoms with Crippen LogP contribution in [0, 0.1) is 12.7 Å². The number of rotatable bonds is 4. The Labute approximate surface area is 208 Å². The first-order chi connectivity index (χ1) is 17.5. The van der Waals surface area contributed by atoms with Gasteiger partial charge in [-0.05, 0) is 48.4 Å². The second-order valence-corrected chi connectivity index (χ2v) is 9.07. The molecule has 36 heavy (non-hydrogen) atoms. The molecule has 2 aliphatic heterocycles. The number of ether oxygens (including phenoxy) is 1. The third-order valence-corrected chi connectivity index (χ3v) is 6.64. The molecule has 4 aromatic rings. The Hall–Kier alpha value is -4.33. The molecule has 0 fully saturated rings. The summed E-state index contributed by atoms with van der Waals surface area (Å²) in [5, 5.41) is 0. The lowest BCUT2D eigenvalue weighted by Crippen LogP contribution is -2.28. The average Bonchev–Trinajstić information content (AvgIpc) is 3.24. The Balaban J connectivity index is 1.35. The fourth-order valence-corrected chi connectivity index (χ4v) is 4.77. The van der Waals surface area contributed by atoms with Gasteiger partial charge in [-0.1, -0.05) is 18.2 Å². The molecular weight excluding hydrogens is 455 g/mol. The van der Waals surface area contributed by atoms with Gasteiger partial charge in [-0.25, -0.2) is 9.37 Å². The highest BCUT2D eigenvalue weighted by Gasteiger charge is 2.22. The van der Waals surface area contributed by atoms with Crippen molar-refractivity contribution in [1.82, 2.24) is 15.0 Å². The molecule has 0 amide bonds. The van der Waals surface area contributed by atoms with Crippen LogP contribution in [0.15, 0.2) is 59.7 Å².